The van der Waals surface area contributed by atoms with E-state index < -0.39 is 112 Å². The number of aliphatic hydroxyl groups is 2. The lowest BCUT2D eigenvalue weighted by atomic mass is 9.39. The van der Waals surface area contributed by atoms with Crippen LogP contribution in [0.2, 0.25) is 0 Å². The Morgan fingerprint density at radius 3 is 2.06 bits per heavy atom. The Morgan fingerprint density at radius 2 is 1.48 bits per heavy atom. The molecule has 1 aliphatic heterocycles. The van der Waals surface area contributed by atoms with Gasteiger partial charge in [-0.1, -0.05) is 66.5 Å². The highest BCUT2D eigenvalue weighted by Gasteiger charge is 2.74. The minimum absolute atomic E-state index is 0.0507. The van der Waals surface area contributed by atoms with Crippen LogP contribution in [0, 0.1) is 39.9 Å². The van der Waals surface area contributed by atoms with Gasteiger partial charge in [-0.2, -0.15) is 0 Å². The van der Waals surface area contributed by atoms with Crippen molar-refractivity contribution in [2.75, 3.05) is 6.61 Å². The molecule has 0 radical (unpaired) electrons. The molecule has 13 nitrogen and oxygen atoms in total. The van der Waals surface area contributed by atoms with Crippen LogP contribution >= 0.6 is 0 Å². The second kappa shape index (κ2) is 15.1. The quantitative estimate of drug-likeness (QED) is 0.171. The summed E-state index contributed by atoms with van der Waals surface area (Å²) in [5, 5.41) is 21.6. The Hall–Kier alpha value is -3.71. The lowest BCUT2D eigenvalue weighted by molar-refractivity contribution is -0.247. The average Bonchev–Trinajstić information content (AvgIpc) is 3.74. The summed E-state index contributed by atoms with van der Waals surface area (Å²) in [4.78, 5) is 66.5. The number of esters is 5. The van der Waals surface area contributed by atoms with Gasteiger partial charge in [0.05, 0.1) is 18.9 Å². The van der Waals surface area contributed by atoms with E-state index in [-0.39, 0.29) is 25.2 Å². The molecule has 0 spiro atoms. The summed E-state index contributed by atoms with van der Waals surface area (Å²) in [6.45, 7) is 16.7. The number of furan rings is 1. The van der Waals surface area contributed by atoms with Crippen molar-refractivity contribution < 1.29 is 62.3 Å². The van der Waals surface area contributed by atoms with Crippen LogP contribution in [0.25, 0.3) is 0 Å². The topological polar surface area (TPSA) is 185 Å². The average molecular weight is 759 g/mol. The van der Waals surface area contributed by atoms with E-state index >= 15 is 0 Å². The first-order valence-electron chi connectivity index (χ1n) is 19.2. The lowest BCUT2D eigenvalue weighted by Crippen LogP contribution is -2.70. The lowest BCUT2D eigenvalue weighted by Gasteiger charge is -2.67. The Labute approximate surface area is 317 Å². The number of hydrogen-bond donors (Lipinski definition) is 2. The van der Waals surface area contributed by atoms with Gasteiger partial charge in [-0.25, -0.2) is 9.59 Å². The molecule has 3 fully saturated rings. The summed E-state index contributed by atoms with van der Waals surface area (Å²) in [5.74, 6) is -5.93. The smallest absolute Gasteiger partial charge is 0.335 e. The van der Waals surface area contributed by atoms with Crippen LogP contribution in [-0.4, -0.2) is 82.8 Å². The number of cyclic esters (lactones) is 1. The second-order valence-electron chi connectivity index (χ2n) is 17.2. The first-order chi connectivity index (χ1) is 25.2. The van der Waals surface area contributed by atoms with Crippen molar-refractivity contribution in [1.29, 1.82) is 0 Å². The summed E-state index contributed by atoms with van der Waals surface area (Å²) in [6, 6.07) is 1.89. The predicted molar refractivity (Wildman–Crippen MR) is 192 cm³/mol. The van der Waals surface area contributed by atoms with Crippen LogP contribution in [-0.2, 0) is 47.7 Å². The van der Waals surface area contributed by atoms with Crippen molar-refractivity contribution in [3.63, 3.8) is 0 Å². The monoisotopic (exact) mass is 758 g/mol. The minimum Gasteiger partial charge on any atom is -0.472 e. The molecular weight excluding hydrogens is 700 g/mol. The molecule has 3 aliphatic carbocycles. The molecule has 0 aromatic carbocycles. The van der Waals surface area contributed by atoms with Crippen molar-refractivity contribution in [1.82, 2.24) is 0 Å². The molecule has 1 saturated heterocycles. The zero-order valence-corrected chi connectivity index (χ0v) is 33.2. The largest absolute Gasteiger partial charge is 0.472 e. The first kappa shape index (κ1) is 41.5. The maximum absolute atomic E-state index is 13.8. The molecule has 2 N–H and O–H groups in total. The fraction of sp³-hybridized carbons (Fsp3) is 0.732. The van der Waals surface area contributed by atoms with E-state index in [0.29, 0.717) is 12.8 Å². The molecule has 4 aliphatic rings. The van der Waals surface area contributed by atoms with Crippen LogP contribution in [0.5, 0.6) is 0 Å². The summed E-state index contributed by atoms with van der Waals surface area (Å²) in [6.07, 6.45) is 0.836. The number of ether oxygens (including phenoxy) is 5. The molecule has 13 heteroatoms. The Morgan fingerprint density at radius 1 is 0.870 bits per heavy atom. The van der Waals surface area contributed by atoms with Crippen molar-refractivity contribution in [3.05, 3.63) is 35.8 Å². The number of allylic oxidation sites excluding steroid dienone is 1. The number of carbonyl (C=O) groups excluding carboxylic acids is 5. The predicted octanol–water partition coefficient (Wildman–Crippen LogP) is 5.20. The fourth-order valence-corrected chi connectivity index (χ4v) is 10.6. The third-order valence-corrected chi connectivity index (χ3v) is 13.7. The van der Waals surface area contributed by atoms with Gasteiger partial charge in [0.15, 0.2) is 12.2 Å². The third-order valence-electron chi connectivity index (χ3n) is 13.7. The van der Waals surface area contributed by atoms with Crippen LogP contribution < -0.4 is 0 Å². The zero-order chi connectivity index (χ0) is 40.1. The summed E-state index contributed by atoms with van der Waals surface area (Å²) in [5.41, 5.74) is -2.79. The van der Waals surface area contributed by atoms with E-state index in [1.54, 1.807) is 40.2 Å². The van der Waals surface area contributed by atoms with Crippen LogP contribution in [0.1, 0.15) is 113 Å². The molecule has 54 heavy (non-hydrogen) atoms. The minimum atomic E-state index is -1.57. The Kier molecular flexibility index (Phi) is 11.6. The van der Waals surface area contributed by atoms with Gasteiger partial charge < -0.3 is 38.3 Å². The van der Waals surface area contributed by atoms with Gasteiger partial charge in [0, 0.05) is 41.9 Å². The summed E-state index contributed by atoms with van der Waals surface area (Å²) in [7, 11) is 0. The van der Waals surface area contributed by atoms with Gasteiger partial charge in [-0.15, -0.1) is 0 Å². The van der Waals surface area contributed by atoms with E-state index in [0.717, 1.165) is 11.1 Å². The molecule has 0 amide bonds. The van der Waals surface area contributed by atoms with Crippen molar-refractivity contribution in [2.45, 2.75) is 143 Å². The number of aliphatic hydroxyl groups excluding tert-OH is 2. The van der Waals surface area contributed by atoms with Gasteiger partial charge in [-0.3, -0.25) is 14.4 Å². The van der Waals surface area contributed by atoms with E-state index in [1.165, 1.54) is 13.8 Å². The summed E-state index contributed by atoms with van der Waals surface area (Å²) >= 11 is 0. The van der Waals surface area contributed by atoms with Gasteiger partial charge in [-0.05, 0) is 55.6 Å². The van der Waals surface area contributed by atoms with Crippen molar-refractivity contribution in [2.24, 2.45) is 39.9 Å². The van der Waals surface area contributed by atoms with Gasteiger partial charge in [0.2, 0.25) is 0 Å². The van der Waals surface area contributed by atoms with E-state index in [2.05, 4.69) is 6.08 Å². The van der Waals surface area contributed by atoms with Gasteiger partial charge in [0.25, 0.3) is 0 Å². The standard InChI is InChI=1S/C41H58O13/c1-11-22(4)35(46)36(47)50-20-38(7)28-16-31(53-37(48)34(45)21(2)3)40(9)27-13-12-26(25-14-15-49-19-25)39(27,8)30(51-23(5)42)17-29(40)41(28,10)32(52-24(6)43)18-33(44)54-38/h13-15,19,21-22,26,28-32,34-35,45-46H,11-12,16-18,20H2,1-10H3/t22-,26-,28-,29-,30-,31+,32-,34+,35+,38+,39-,40-,41-/m0/s1. The zero-order valence-electron chi connectivity index (χ0n) is 33.2. The van der Waals surface area contributed by atoms with E-state index in [9.17, 15) is 34.2 Å². The SMILES string of the molecule is CC[C@H](C)[C@@H](O)C(=O)OC[C@@]1(C)OC(=O)C[C@H](OC(C)=O)[C@@]2(C)[C@H]1C[C@@H](OC(=O)[C@H](O)C(C)C)[C@@]1(C)C3=CC[C@@H](c4ccoc4)[C@]3(C)[C@@H](OC(C)=O)C[C@@H]12. The Bertz CT molecular complexity index is 1630. The molecule has 0 unspecified atom stereocenters. The number of carbonyl (C=O) groups is 5. The van der Waals surface area contributed by atoms with Crippen LogP contribution in [0.3, 0.4) is 0 Å². The third kappa shape index (κ3) is 6.88. The number of hydrogen-bond acceptors (Lipinski definition) is 13. The van der Waals surface area contributed by atoms with Crippen LogP contribution in [0.4, 0.5) is 0 Å². The summed E-state index contributed by atoms with van der Waals surface area (Å²) < 4.78 is 36.1. The molecule has 1 aromatic heterocycles. The molecule has 300 valence electrons. The highest BCUT2D eigenvalue weighted by atomic mass is 16.6. The highest BCUT2D eigenvalue weighted by molar-refractivity contribution is 5.76. The molecule has 5 rings (SSSR count). The molecular formula is C41H58O13. The molecule has 0 bridgehead atoms. The number of fused-ring (bicyclic) bond motifs is 5. The highest BCUT2D eigenvalue weighted by Crippen LogP contribution is 2.73. The van der Waals surface area contributed by atoms with Crippen molar-refractivity contribution in [3.8, 4) is 0 Å². The van der Waals surface area contributed by atoms with E-state index in [4.69, 9.17) is 28.1 Å². The van der Waals surface area contributed by atoms with Gasteiger partial charge >= 0.3 is 29.8 Å². The molecule has 13 atom stereocenters. The fourth-order valence-electron chi connectivity index (χ4n) is 10.6. The second-order valence-corrected chi connectivity index (χ2v) is 17.2. The maximum Gasteiger partial charge on any atom is 0.335 e. The van der Waals surface area contributed by atoms with E-state index in [1.807, 2.05) is 33.8 Å². The molecule has 2 heterocycles. The molecule has 2 saturated carbocycles. The Balaban J connectivity index is 1.73. The maximum atomic E-state index is 13.8. The molecule has 1 aromatic rings. The normalized spacial score (nSPS) is 37.6. The van der Waals surface area contributed by atoms with Crippen molar-refractivity contribution >= 4 is 29.8 Å². The number of rotatable bonds is 11. The first-order valence-corrected chi connectivity index (χ1v) is 19.2. The van der Waals surface area contributed by atoms with Gasteiger partial charge in [0.1, 0.15) is 30.5 Å². The van der Waals surface area contributed by atoms with Crippen LogP contribution in [0.15, 0.2) is 34.7 Å².